The molecule has 1 aromatic rings. The Morgan fingerprint density at radius 2 is 2.15 bits per heavy atom. The number of nitrogens with two attached hydrogens (primary N) is 1. The lowest BCUT2D eigenvalue weighted by Gasteiger charge is -2.42. The highest BCUT2D eigenvalue weighted by Gasteiger charge is 2.32. The topological polar surface area (TPSA) is 90.7 Å². The Kier molecular flexibility index (Phi) is 7.56. The van der Waals surface area contributed by atoms with Gasteiger partial charge < -0.3 is 16.0 Å². The minimum Gasteiger partial charge on any atom is -0.355 e. The molecule has 0 saturated carbocycles. The Morgan fingerprint density at radius 1 is 1.42 bits per heavy atom. The van der Waals surface area contributed by atoms with E-state index in [0.717, 1.165) is 24.1 Å². The van der Waals surface area contributed by atoms with E-state index in [1.807, 2.05) is 18.2 Å². The van der Waals surface area contributed by atoms with Crippen LogP contribution in [0.4, 0.5) is 5.69 Å². The molecule has 2 amide bonds. The van der Waals surface area contributed by atoms with Crippen LogP contribution in [0.2, 0.25) is 0 Å². The van der Waals surface area contributed by atoms with Gasteiger partial charge in [0.1, 0.15) is 0 Å². The van der Waals surface area contributed by atoms with Crippen LogP contribution < -0.4 is 21.4 Å². The molecule has 1 fully saturated rings. The number of anilines is 1. The van der Waals surface area contributed by atoms with E-state index in [-0.39, 0.29) is 18.5 Å². The smallest absolute Gasteiger partial charge is 0.233 e. The maximum absolute atomic E-state index is 11.7. The van der Waals surface area contributed by atoms with Crippen LogP contribution in [0.15, 0.2) is 24.3 Å². The van der Waals surface area contributed by atoms with Crippen molar-refractivity contribution in [1.29, 1.82) is 0 Å². The average Bonchev–Trinajstić information content (AvgIpc) is 2.61. The molecule has 0 aromatic heterocycles. The SMILES string of the molecule is CC1CC(C)C(c2ccccc2N(C=O)CCCNC(=O)CN)N(C)N1. The number of hydrazine groups is 1. The van der Waals surface area contributed by atoms with Crippen molar-refractivity contribution in [3.8, 4) is 0 Å². The van der Waals surface area contributed by atoms with Gasteiger partial charge in [0.05, 0.1) is 12.6 Å². The maximum atomic E-state index is 11.7. The van der Waals surface area contributed by atoms with Crippen molar-refractivity contribution < 1.29 is 9.59 Å². The summed E-state index contributed by atoms with van der Waals surface area (Å²) in [5.74, 6) is 0.288. The van der Waals surface area contributed by atoms with Crippen molar-refractivity contribution in [3.05, 3.63) is 29.8 Å². The van der Waals surface area contributed by atoms with E-state index in [1.54, 1.807) is 4.90 Å². The van der Waals surface area contributed by atoms with Gasteiger partial charge in [-0.25, -0.2) is 5.01 Å². The molecule has 144 valence electrons. The van der Waals surface area contributed by atoms with Crippen molar-refractivity contribution in [1.82, 2.24) is 15.8 Å². The van der Waals surface area contributed by atoms with Crippen LogP contribution in [0.3, 0.4) is 0 Å². The monoisotopic (exact) mass is 361 g/mol. The van der Waals surface area contributed by atoms with Crippen molar-refractivity contribution in [2.45, 2.75) is 38.8 Å². The second-order valence-corrected chi connectivity index (χ2v) is 7.06. The van der Waals surface area contributed by atoms with Gasteiger partial charge in [-0.2, -0.15) is 0 Å². The number of para-hydroxylation sites is 1. The zero-order chi connectivity index (χ0) is 19.1. The molecule has 7 heteroatoms. The van der Waals surface area contributed by atoms with Gasteiger partial charge in [-0.05, 0) is 37.3 Å². The highest BCUT2D eigenvalue weighted by atomic mass is 16.2. The Labute approximate surface area is 155 Å². The summed E-state index contributed by atoms with van der Waals surface area (Å²) in [4.78, 5) is 24.7. The Balaban J connectivity index is 2.13. The normalized spacial score (nSPS) is 23.5. The van der Waals surface area contributed by atoms with Gasteiger partial charge in [0, 0.05) is 31.9 Å². The second-order valence-electron chi connectivity index (χ2n) is 7.06. The summed E-state index contributed by atoms with van der Waals surface area (Å²) in [7, 11) is 2.06. The predicted octanol–water partition coefficient (Wildman–Crippen LogP) is 1.02. The molecule has 0 aliphatic carbocycles. The van der Waals surface area contributed by atoms with Gasteiger partial charge >= 0.3 is 0 Å². The van der Waals surface area contributed by atoms with Crippen molar-refractivity contribution in [3.63, 3.8) is 0 Å². The van der Waals surface area contributed by atoms with Gasteiger partial charge in [0.25, 0.3) is 0 Å². The zero-order valence-corrected chi connectivity index (χ0v) is 15.9. The molecule has 1 saturated heterocycles. The zero-order valence-electron chi connectivity index (χ0n) is 15.9. The molecule has 1 heterocycles. The van der Waals surface area contributed by atoms with Crippen LogP contribution in [-0.2, 0) is 9.59 Å². The number of rotatable bonds is 8. The van der Waals surface area contributed by atoms with Crippen molar-refractivity contribution >= 4 is 18.0 Å². The molecule has 2 rings (SSSR count). The third kappa shape index (κ3) is 5.03. The molecule has 1 aliphatic heterocycles. The van der Waals surface area contributed by atoms with E-state index < -0.39 is 0 Å². The molecule has 3 atom stereocenters. The number of carbonyl (C=O) groups excluding carboxylic acids is 2. The van der Waals surface area contributed by atoms with Gasteiger partial charge in [0.2, 0.25) is 12.3 Å². The fourth-order valence-corrected chi connectivity index (χ4v) is 3.84. The second kappa shape index (κ2) is 9.66. The highest BCUT2D eigenvalue weighted by Crippen LogP contribution is 2.37. The molecule has 0 bridgehead atoms. The first kappa shape index (κ1) is 20.4. The molecule has 1 aromatic carbocycles. The van der Waals surface area contributed by atoms with E-state index in [1.165, 1.54) is 0 Å². The third-order valence-corrected chi connectivity index (χ3v) is 4.88. The van der Waals surface area contributed by atoms with Crippen molar-refractivity contribution in [2.75, 3.05) is 31.6 Å². The first-order chi connectivity index (χ1) is 12.5. The Hall–Kier alpha value is -1.96. The van der Waals surface area contributed by atoms with E-state index >= 15 is 0 Å². The van der Waals surface area contributed by atoms with Crippen LogP contribution in [0, 0.1) is 5.92 Å². The summed E-state index contributed by atoms with van der Waals surface area (Å²) in [5.41, 5.74) is 10.8. The minimum atomic E-state index is -0.180. The first-order valence-corrected chi connectivity index (χ1v) is 9.24. The number of amides is 2. The molecule has 4 N–H and O–H groups in total. The minimum absolute atomic E-state index is 0.0163. The van der Waals surface area contributed by atoms with E-state index in [2.05, 4.69) is 42.7 Å². The maximum Gasteiger partial charge on any atom is 0.233 e. The predicted molar refractivity (Wildman–Crippen MR) is 103 cm³/mol. The lowest BCUT2D eigenvalue weighted by Crippen LogP contribution is -2.51. The van der Waals surface area contributed by atoms with Crippen molar-refractivity contribution in [2.24, 2.45) is 11.7 Å². The molecule has 0 radical (unpaired) electrons. The van der Waals surface area contributed by atoms with Gasteiger partial charge in [-0.1, -0.05) is 25.1 Å². The standard InChI is InChI=1S/C19H31N5O2/c1-14-11-15(2)22-23(3)19(14)16-7-4-5-8-17(16)24(13-25)10-6-9-21-18(26)12-20/h4-5,7-8,13-15,19,22H,6,9-12,20H2,1-3H3,(H,21,26). The summed E-state index contributed by atoms with van der Waals surface area (Å²) in [6.45, 7) is 5.46. The summed E-state index contributed by atoms with van der Waals surface area (Å²) >= 11 is 0. The van der Waals surface area contributed by atoms with Gasteiger partial charge in [-0.3, -0.25) is 15.0 Å². The summed E-state index contributed by atoms with van der Waals surface area (Å²) in [6, 6.07) is 8.68. The summed E-state index contributed by atoms with van der Waals surface area (Å²) in [5, 5.41) is 4.89. The lowest BCUT2D eigenvalue weighted by atomic mass is 9.86. The van der Waals surface area contributed by atoms with Crippen LogP contribution in [0.5, 0.6) is 0 Å². The fraction of sp³-hybridized carbons (Fsp3) is 0.579. The number of benzene rings is 1. The third-order valence-electron chi connectivity index (χ3n) is 4.88. The van der Waals surface area contributed by atoms with Crippen LogP contribution >= 0.6 is 0 Å². The van der Waals surface area contributed by atoms with Crippen LogP contribution in [0.25, 0.3) is 0 Å². The summed E-state index contributed by atoms with van der Waals surface area (Å²) < 4.78 is 0. The van der Waals surface area contributed by atoms with E-state index in [4.69, 9.17) is 5.73 Å². The molecule has 1 aliphatic rings. The van der Waals surface area contributed by atoms with Gasteiger partial charge in [0.15, 0.2) is 0 Å². The molecular weight excluding hydrogens is 330 g/mol. The average molecular weight is 361 g/mol. The van der Waals surface area contributed by atoms with E-state index in [9.17, 15) is 9.59 Å². The number of hydrogen-bond donors (Lipinski definition) is 3. The largest absolute Gasteiger partial charge is 0.355 e. The summed E-state index contributed by atoms with van der Waals surface area (Å²) in [6.07, 6.45) is 2.62. The lowest BCUT2D eigenvalue weighted by molar-refractivity contribution is -0.119. The number of hydrogen-bond acceptors (Lipinski definition) is 5. The Morgan fingerprint density at radius 3 is 2.81 bits per heavy atom. The quantitative estimate of drug-likeness (QED) is 0.475. The van der Waals surface area contributed by atoms with Gasteiger partial charge in [-0.15, -0.1) is 0 Å². The number of carbonyl (C=O) groups is 2. The Bertz CT molecular complexity index is 597. The highest BCUT2D eigenvalue weighted by molar-refractivity contribution is 5.78. The first-order valence-electron chi connectivity index (χ1n) is 9.24. The van der Waals surface area contributed by atoms with Crippen LogP contribution in [-0.4, -0.2) is 50.0 Å². The number of nitrogens with one attached hydrogen (secondary N) is 2. The number of nitrogens with zero attached hydrogens (tertiary/aromatic N) is 2. The fourth-order valence-electron chi connectivity index (χ4n) is 3.84. The molecule has 26 heavy (non-hydrogen) atoms. The van der Waals surface area contributed by atoms with Crippen LogP contribution in [0.1, 0.15) is 38.3 Å². The molecule has 7 nitrogen and oxygen atoms in total. The van der Waals surface area contributed by atoms with E-state index in [0.29, 0.717) is 31.5 Å². The molecular formula is C19H31N5O2. The molecule has 3 unspecified atom stereocenters. The molecule has 0 spiro atoms.